The van der Waals surface area contributed by atoms with Gasteiger partial charge in [-0.25, -0.2) is 0 Å². The number of carbonyl (C=O) groups excluding carboxylic acids is 1. The molecular formula is C24H28N2O2S. The number of benzene rings is 2. The van der Waals surface area contributed by atoms with E-state index in [1.165, 1.54) is 27.3 Å². The number of rotatable bonds is 6. The standard InChI is InChI=1S/C24H28N2O2S/c1-6-9-21-22(18-13-12-16(3)17(4)14-18)26(7-2)24(29-21)25-23(27)19-10-8-11-20(15-19)28-5/h8,10-15H,6-7,9H2,1-5H3. The molecule has 0 fully saturated rings. The highest BCUT2D eigenvalue weighted by molar-refractivity contribution is 7.09. The number of ether oxygens (including phenoxy) is 1. The fourth-order valence-corrected chi connectivity index (χ4v) is 4.66. The maximum absolute atomic E-state index is 12.8. The number of aromatic nitrogens is 1. The van der Waals surface area contributed by atoms with Crippen molar-refractivity contribution in [1.29, 1.82) is 0 Å². The normalized spacial score (nSPS) is 11.7. The van der Waals surface area contributed by atoms with Gasteiger partial charge in [0.15, 0.2) is 4.80 Å². The number of amides is 1. The first-order valence-electron chi connectivity index (χ1n) is 10.0. The average molecular weight is 409 g/mol. The van der Waals surface area contributed by atoms with E-state index in [9.17, 15) is 4.79 Å². The van der Waals surface area contributed by atoms with Crippen molar-refractivity contribution in [2.75, 3.05) is 7.11 Å². The van der Waals surface area contributed by atoms with E-state index in [-0.39, 0.29) is 5.91 Å². The first kappa shape index (κ1) is 21.1. The molecule has 0 saturated carbocycles. The smallest absolute Gasteiger partial charge is 0.279 e. The minimum Gasteiger partial charge on any atom is -0.497 e. The zero-order valence-electron chi connectivity index (χ0n) is 17.8. The van der Waals surface area contributed by atoms with Gasteiger partial charge < -0.3 is 9.30 Å². The number of methoxy groups -OCH3 is 1. The number of thiazole rings is 1. The fraction of sp³-hybridized carbons (Fsp3) is 0.333. The van der Waals surface area contributed by atoms with Crippen LogP contribution in [-0.4, -0.2) is 17.6 Å². The molecule has 29 heavy (non-hydrogen) atoms. The van der Waals surface area contributed by atoms with Gasteiger partial charge in [-0.15, -0.1) is 11.3 Å². The summed E-state index contributed by atoms with van der Waals surface area (Å²) in [5.41, 5.74) is 5.45. The number of hydrogen-bond acceptors (Lipinski definition) is 3. The molecule has 0 bridgehead atoms. The lowest BCUT2D eigenvalue weighted by Crippen LogP contribution is -2.17. The Morgan fingerprint density at radius 1 is 1.10 bits per heavy atom. The van der Waals surface area contributed by atoms with E-state index in [1.807, 2.05) is 12.1 Å². The summed E-state index contributed by atoms with van der Waals surface area (Å²) in [5.74, 6) is 0.408. The van der Waals surface area contributed by atoms with Gasteiger partial charge in [-0.05, 0) is 68.1 Å². The van der Waals surface area contributed by atoms with Crippen molar-refractivity contribution in [2.45, 2.75) is 47.1 Å². The molecule has 0 unspecified atom stereocenters. The van der Waals surface area contributed by atoms with Crippen molar-refractivity contribution in [2.24, 2.45) is 4.99 Å². The SMILES string of the molecule is CCCc1sc(=NC(=O)c2cccc(OC)c2)n(CC)c1-c1ccc(C)c(C)c1. The van der Waals surface area contributed by atoms with Crippen LogP contribution in [-0.2, 0) is 13.0 Å². The third kappa shape index (κ3) is 4.51. The Balaban J connectivity index is 2.15. The molecule has 0 saturated heterocycles. The summed E-state index contributed by atoms with van der Waals surface area (Å²) in [6.45, 7) is 9.30. The van der Waals surface area contributed by atoms with Crippen LogP contribution in [0, 0.1) is 13.8 Å². The Morgan fingerprint density at radius 3 is 2.55 bits per heavy atom. The van der Waals surface area contributed by atoms with Crippen LogP contribution in [0.4, 0.5) is 0 Å². The van der Waals surface area contributed by atoms with Crippen LogP contribution in [0.3, 0.4) is 0 Å². The van der Waals surface area contributed by atoms with Crippen LogP contribution in [0.15, 0.2) is 47.5 Å². The van der Waals surface area contributed by atoms with Gasteiger partial charge >= 0.3 is 0 Å². The Bertz CT molecular complexity index is 1090. The van der Waals surface area contributed by atoms with Crippen molar-refractivity contribution in [1.82, 2.24) is 4.57 Å². The zero-order valence-corrected chi connectivity index (χ0v) is 18.6. The summed E-state index contributed by atoms with van der Waals surface area (Å²) < 4.78 is 7.40. The minimum absolute atomic E-state index is 0.248. The van der Waals surface area contributed by atoms with E-state index >= 15 is 0 Å². The molecule has 1 heterocycles. The van der Waals surface area contributed by atoms with Crippen LogP contribution >= 0.6 is 11.3 Å². The van der Waals surface area contributed by atoms with Gasteiger partial charge in [0.2, 0.25) is 0 Å². The van der Waals surface area contributed by atoms with Crippen LogP contribution < -0.4 is 9.54 Å². The maximum Gasteiger partial charge on any atom is 0.279 e. The number of nitrogens with zero attached hydrogens (tertiary/aromatic N) is 2. The lowest BCUT2D eigenvalue weighted by Gasteiger charge is -2.11. The predicted octanol–water partition coefficient (Wildman–Crippen LogP) is 5.56. The van der Waals surface area contributed by atoms with Gasteiger partial charge in [-0.2, -0.15) is 4.99 Å². The van der Waals surface area contributed by atoms with Crippen molar-refractivity contribution in [3.05, 3.63) is 68.8 Å². The predicted molar refractivity (Wildman–Crippen MR) is 120 cm³/mol. The highest BCUT2D eigenvalue weighted by Gasteiger charge is 2.16. The van der Waals surface area contributed by atoms with E-state index in [0.717, 1.165) is 24.2 Å². The summed E-state index contributed by atoms with van der Waals surface area (Å²) in [5, 5.41) is 0. The second kappa shape index (κ2) is 9.23. The molecule has 4 nitrogen and oxygen atoms in total. The highest BCUT2D eigenvalue weighted by atomic mass is 32.1. The number of hydrogen-bond donors (Lipinski definition) is 0. The lowest BCUT2D eigenvalue weighted by molar-refractivity contribution is 0.0997. The molecule has 0 aliphatic heterocycles. The van der Waals surface area contributed by atoms with Crippen molar-refractivity contribution in [3.63, 3.8) is 0 Å². The lowest BCUT2D eigenvalue weighted by atomic mass is 10.0. The molecule has 5 heteroatoms. The molecule has 0 atom stereocenters. The highest BCUT2D eigenvalue weighted by Crippen LogP contribution is 2.29. The maximum atomic E-state index is 12.8. The zero-order chi connectivity index (χ0) is 21.0. The number of carbonyl (C=O) groups is 1. The van der Waals surface area contributed by atoms with Crippen LogP contribution in [0.1, 0.15) is 46.6 Å². The fourth-order valence-electron chi connectivity index (χ4n) is 3.35. The molecule has 0 N–H and O–H groups in total. The van der Waals surface area contributed by atoms with E-state index < -0.39 is 0 Å². The van der Waals surface area contributed by atoms with Gasteiger partial charge in [0, 0.05) is 17.0 Å². The Kier molecular flexibility index (Phi) is 6.70. The molecule has 0 spiro atoms. The molecule has 2 aromatic carbocycles. The van der Waals surface area contributed by atoms with E-state index in [0.29, 0.717) is 11.3 Å². The molecule has 3 aromatic rings. The molecule has 152 valence electrons. The van der Waals surface area contributed by atoms with Crippen molar-refractivity contribution in [3.8, 4) is 17.0 Å². The summed E-state index contributed by atoms with van der Waals surface area (Å²) in [4.78, 5) is 19.3. The number of aryl methyl sites for hydroxylation is 3. The summed E-state index contributed by atoms with van der Waals surface area (Å²) >= 11 is 1.62. The quantitative estimate of drug-likeness (QED) is 0.536. The molecule has 0 radical (unpaired) electrons. The van der Waals surface area contributed by atoms with Gasteiger partial charge in [-0.1, -0.05) is 31.5 Å². The molecule has 1 amide bonds. The third-order valence-electron chi connectivity index (χ3n) is 5.07. The van der Waals surface area contributed by atoms with E-state index in [2.05, 4.69) is 55.5 Å². The van der Waals surface area contributed by atoms with Crippen molar-refractivity contribution < 1.29 is 9.53 Å². The van der Waals surface area contributed by atoms with Crippen molar-refractivity contribution >= 4 is 17.2 Å². The summed E-state index contributed by atoms with van der Waals surface area (Å²) in [7, 11) is 1.60. The second-order valence-corrected chi connectivity index (χ2v) is 8.16. The largest absolute Gasteiger partial charge is 0.497 e. The monoisotopic (exact) mass is 408 g/mol. The van der Waals surface area contributed by atoms with Gasteiger partial charge in [0.05, 0.1) is 12.8 Å². The molecule has 1 aromatic heterocycles. The van der Waals surface area contributed by atoms with Crippen LogP contribution in [0.2, 0.25) is 0 Å². The first-order valence-corrected chi connectivity index (χ1v) is 10.8. The van der Waals surface area contributed by atoms with E-state index in [1.54, 1.807) is 30.6 Å². The Labute approximate surface area is 176 Å². The minimum atomic E-state index is -0.248. The Hall–Kier alpha value is -2.66. The van der Waals surface area contributed by atoms with E-state index in [4.69, 9.17) is 4.74 Å². The van der Waals surface area contributed by atoms with Gasteiger partial charge in [0.25, 0.3) is 5.91 Å². The first-order chi connectivity index (χ1) is 14.0. The molecular weight excluding hydrogens is 380 g/mol. The average Bonchev–Trinajstić information content (AvgIpc) is 3.07. The van der Waals surface area contributed by atoms with Crippen LogP contribution in [0.25, 0.3) is 11.3 Å². The molecule has 0 aliphatic rings. The van der Waals surface area contributed by atoms with Gasteiger partial charge in [-0.3, -0.25) is 4.79 Å². The molecule has 3 rings (SSSR count). The topological polar surface area (TPSA) is 43.6 Å². The summed E-state index contributed by atoms with van der Waals surface area (Å²) in [6.07, 6.45) is 2.02. The third-order valence-corrected chi connectivity index (χ3v) is 6.21. The second-order valence-electron chi connectivity index (χ2n) is 7.10. The van der Waals surface area contributed by atoms with Gasteiger partial charge in [0.1, 0.15) is 5.75 Å². The molecule has 0 aliphatic carbocycles. The Morgan fingerprint density at radius 2 is 1.90 bits per heavy atom. The van der Waals surface area contributed by atoms with Crippen LogP contribution in [0.5, 0.6) is 5.75 Å². The summed E-state index contributed by atoms with van der Waals surface area (Å²) in [6, 6.07) is 13.7.